The maximum Gasteiger partial charge on any atom is 0.307 e. The maximum absolute atomic E-state index is 13.9. The summed E-state index contributed by atoms with van der Waals surface area (Å²) >= 11 is 5.81. The Balaban J connectivity index is 3.07. The van der Waals surface area contributed by atoms with Gasteiger partial charge in [0.25, 0.3) is 0 Å². The largest absolute Gasteiger partial charge is 0.469 e. The van der Waals surface area contributed by atoms with Crippen LogP contribution >= 0.6 is 11.6 Å². The lowest BCUT2D eigenvalue weighted by molar-refractivity contribution is -0.141. The van der Waals surface area contributed by atoms with Crippen molar-refractivity contribution in [3.8, 4) is 0 Å². The van der Waals surface area contributed by atoms with Crippen LogP contribution in [0.3, 0.4) is 0 Å². The standard InChI is InChI=1S/C14H17ClFN3O2/c1-14(2,3)10(7-11(20)21-5)18-13-8(16)6-9(17-4)12(15)19-13/h6,10H,7H2,1-3,5H3,(H,18,19). The fourth-order valence-electron chi connectivity index (χ4n) is 1.63. The molecule has 1 aromatic heterocycles. The molecule has 1 aromatic rings. The molecule has 0 amide bonds. The second-order valence-corrected chi connectivity index (χ2v) is 5.94. The molecule has 0 saturated carbocycles. The molecule has 0 aliphatic rings. The molecule has 0 spiro atoms. The third-order valence-electron chi connectivity index (χ3n) is 2.99. The number of carbonyl (C=O) groups excluding carboxylic acids is 1. The Labute approximate surface area is 128 Å². The summed E-state index contributed by atoms with van der Waals surface area (Å²) in [6, 6.07) is 0.615. The van der Waals surface area contributed by atoms with Crippen molar-refractivity contribution in [3.63, 3.8) is 0 Å². The van der Waals surface area contributed by atoms with Crippen molar-refractivity contribution in [2.24, 2.45) is 5.41 Å². The number of methoxy groups -OCH3 is 1. The molecule has 1 atom stereocenters. The average molecular weight is 314 g/mol. The first-order chi connectivity index (χ1) is 9.68. The van der Waals surface area contributed by atoms with Gasteiger partial charge in [-0.1, -0.05) is 32.4 Å². The van der Waals surface area contributed by atoms with E-state index in [2.05, 4.69) is 19.9 Å². The summed E-state index contributed by atoms with van der Waals surface area (Å²) in [6.45, 7) is 12.6. The molecule has 0 radical (unpaired) electrons. The summed E-state index contributed by atoms with van der Waals surface area (Å²) in [5, 5.41) is 2.79. The van der Waals surface area contributed by atoms with Crippen molar-refractivity contribution in [2.45, 2.75) is 33.2 Å². The fraction of sp³-hybridized carbons (Fsp3) is 0.500. The first-order valence-electron chi connectivity index (χ1n) is 6.26. The van der Waals surface area contributed by atoms with Gasteiger partial charge in [0, 0.05) is 6.04 Å². The van der Waals surface area contributed by atoms with E-state index in [1.54, 1.807) is 0 Å². The summed E-state index contributed by atoms with van der Waals surface area (Å²) in [4.78, 5) is 18.4. The number of pyridine rings is 1. The van der Waals surface area contributed by atoms with Gasteiger partial charge in [-0.05, 0) is 11.5 Å². The number of esters is 1. The van der Waals surface area contributed by atoms with Gasteiger partial charge in [-0.25, -0.2) is 14.2 Å². The number of halogens is 2. The van der Waals surface area contributed by atoms with Gasteiger partial charge >= 0.3 is 5.97 Å². The monoisotopic (exact) mass is 313 g/mol. The minimum atomic E-state index is -0.690. The number of anilines is 1. The third kappa shape index (κ3) is 4.57. The number of nitrogens with zero attached hydrogens (tertiary/aromatic N) is 2. The van der Waals surface area contributed by atoms with E-state index in [4.69, 9.17) is 18.2 Å². The van der Waals surface area contributed by atoms with Gasteiger partial charge in [0.15, 0.2) is 11.6 Å². The predicted molar refractivity (Wildman–Crippen MR) is 79.0 cm³/mol. The van der Waals surface area contributed by atoms with Gasteiger partial charge in [-0.15, -0.1) is 0 Å². The Morgan fingerprint density at radius 2 is 2.24 bits per heavy atom. The van der Waals surface area contributed by atoms with Crippen LogP contribution in [0.2, 0.25) is 5.15 Å². The zero-order valence-electron chi connectivity index (χ0n) is 12.3. The molecular weight excluding hydrogens is 297 g/mol. The van der Waals surface area contributed by atoms with Crippen LogP contribution in [0.25, 0.3) is 4.85 Å². The number of aromatic nitrogens is 1. The van der Waals surface area contributed by atoms with Crippen molar-refractivity contribution < 1.29 is 13.9 Å². The van der Waals surface area contributed by atoms with Crippen LogP contribution in [0, 0.1) is 17.8 Å². The van der Waals surface area contributed by atoms with Crippen LogP contribution < -0.4 is 5.32 Å². The highest BCUT2D eigenvalue weighted by Gasteiger charge is 2.28. The van der Waals surface area contributed by atoms with Gasteiger partial charge in [0.05, 0.1) is 20.1 Å². The summed E-state index contributed by atoms with van der Waals surface area (Å²) in [7, 11) is 1.29. The summed E-state index contributed by atoms with van der Waals surface area (Å²) in [6.07, 6.45) is 0.0588. The molecule has 0 aromatic carbocycles. The van der Waals surface area contributed by atoms with E-state index in [1.165, 1.54) is 7.11 Å². The van der Waals surface area contributed by atoms with Gasteiger partial charge in [0.1, 0.15) is 5.15 Å². The van der Waals surface area contributed by atoms with Crippen LogP contribution in [0.4, 0.5) is 15.9 Å². The highest BCUT2D eigenvalue weighted by molar-refractivity contribution is 6.32. The molecule has 1 N–H and O–H groups in total. The first-order valence-corrected chi connectivity index (χ1v) is 6.63. The van der Waals surface area contributed by atoms with Crippen molar-refractivity contribution in [3.05, 3.63) is 28.5 Å². The molecule has 5 nitrogen and oxygen atoms in total. The van der Waals surface area contributed by atoms with Gasteiger partial charge in [-0.2, -0.15) is 0 Å². The van der Waals surface area contributed by atoms with Crippen molar-refractivity contribution in [1.29, 1.82) is 0 Å². The van der Waals surface area contributed by atoms with Crippen LogP contribution in [0.5, 0.6) is 0 Å². The smallest absolute Gasteiger partial charge is 0.307 e. The first kappa shape index (κ1) is 17.2. The lowest BCUT2D eigenvalue weighted by Gasteiger charge is -2.31. The second-order valence-electron chi connectivity index (χ2n) is 5.58. The van der Waals surface area contributed by atoms with Crippen LogP contribution in [0.15, 0.2) is 6.07 Å². The van der Waals surface area contributed by atoms with E-state index in [9.17, 15) is 9.18 Å². The minimum Gasteiger partial charge on any atom is -0.469 e. The van der Waals surface area contributed by atoms with E-state index >= 15 is 0 Å². The fourth-order valence-corrected chi connectivity index (χ4v) is 1.81. The normalized spacial score (nSPS) is 12.4. The van der Waals surface area contributed by atoms with E-state index in [1.807, 2.05) is 20.8 Å². The lowest BCUT2D eigenvalue weighted by Crippen LogP contribution is -2.37. The SMILES string of the molecule is [C-]#[N+]c1cc(F)c(NC(CC(=O)OC)C(C)(C)C)nc1Cl. The Kier molecular flexibility index (Phi) is 5.50. The van der Waals surface area contributed by atoms with Crippen LogP contribution in [-0.2, 0) is 9.53 Å². The number of nitrogens with one attached hydrogen (secondary N) is 1. The molecule has 1 heterocycles. The van der Waals surface area contributed by atoms with Crippen molar-refractivity contribution >= 4 is 29.1 Å². The van der Waals surface area contributed by atoms with Crippen molar-refractivity contribution in [2.75, 3.05) is 12.4 Å². The maximum atomic E-state index is 13.9. The van der Waals surface area contributed by atoms with Crippen LogP contribution in [-0.4, -0.2) is 24.1 Å². The Bertz CT molecular complexity index is 579. The summed E-state index contributed by atoms with van der Waals surface area (Å²) in [5.74, 6) is -1.19. The van der Waals surface area contributed by atoms with Gasteiger partial charge in [-0.3, -0.25) is 4.79 Å². The molecule has 1 unspecified atom stereocenters. The number of hydrogen-bond donors (Lipinski definition) is 1. The molecule has 0 fully saturated rings. The van der Waals surface area contributed by atoms with Crippen LogP contribution in [0.1, 0.15) is 27.2 Å². The molecule has 7 heteroatoms. The number of rotatable bonds is 4. The summed E-state index contributed by atoms with van der Waals surface area (Å²) in [5.41, 5.74) is -0.396. The van der Waals surface area contributed by atoms with Crippen molar-refractivity contribution in [1.82, 2.24) is 4.98 Å². The minimum absolute atomic E-state index is 0.0556. The Morgan fingerprint density at radius 3 is 2.71 bits per heavy atom. The number of hydrogen-bond acceptors (Lipinski definition) is 4. The van der Waals surface area contributed by atoms with E-state index in [0.717, 1.165) is 6.07 Å². The lowest BCUT2D eigenvalue weighted by atomic mass is 9.84. The predicted octanol–water partition coefficient (Wildman–Crippen LogP) is 3.81. The quantitative estimate of drug-likeness (QED) is 0.521. The van der Waals surface area contributed by atoms with Gasteiger partial charge < -0.3 is 10.1 Å². The summed E-state index contributed by atoms with van der Waals surface area (Å²) < 4.78 is 18.6. The zero-order valence-corrected chi connectivity index (χ0v) is 13.1. The topological polar surface area (TPSA) is 55.6 Å². The highest BCUT2D eigenvalue weighted by Crippen LogP contribution is 2.30. The number of carbonyl (C=O) groups is 1. The third-order valence-corrected chi connectivity index (χ3v) is 3.26. The molecular formula is C14H17ClFN3O2. The molecule has 1 rings (SSSR count). The van der Waals surface area contributed by atoms with E-state index in [-0.39, 0.29) is 28.5 Å². The van der Waals surface area contributed by atoms with E-state index < -0.39 is 17.8 Å². The average Bonchev–Trinajstić information content (AvgIpc) is 2.40. The molecule has 0 saturated heterocycles. The Morgan fingerprint density at radius 1 is 1.62 bits per heavy atom. The highest BCUT2D eigenvalue weighted by atomic mass is 35.5. The molecule has 114 valence electrons. The molecule has 21 heavy (non-hydrogen) atoms. The van der Waals surface area contributed by atoms with Gasteiger partial charge in [0.2, 0.25) is 5.69 Å². The second kappa shape index (κ2) is 6.72. The zero-order chi connectivity index (χ0) is 16.2. The number of ether oxygens (including phenoxy) is 1. The molecule has 0 aliphatic carbocycles. The molecule has 0 aliphatic heterocycles. The van der Waals surface area contributed by atoms with E-state index in [0.29, 0.717) is 0 Å². The molecule has 0 bridgehead atoms. The Hall–Kier alpha value is -1.87.